The highest BCUT2D eigenvalue weighted by Gasteiger charge is 2.35. The predicted molar refractivity (Wildman–Crippen MR) is 67.7 cm³/mol. The number of rotatable bonds is 5. The van der Waals surface area contributed by atoms with Crippen LogP contribution in [0.3, 0.4) is 0 Å². The van der Waals surface area contributed by atoms with Crippen molar-refractivity contribution in [2.75, 3.05) is 26.8 Å². The number of amides is 2. The van der Waals surface area contributed by atoms with Gasteiger partial charge in [-0.05, 0) is 25.0 Å². The van der Waals surface area contributed by atoms with Crippen molar-refractivity contribution in [2.45, 2.75) is 18.9 Å². The van der Waals surface area contributed by atoms with Crippen molar-refractivity contribution >= 4 is 11.8 Å². The zero-order valence-corrected chi connectivity index (χ0v) is 10.9. The van der Waals surface area contributed by atoms with E-state index in [0.29, 0.717) is 26.1 Å². The summed E-state index contributed by atoms with van der Waals surface area (Å²) in [4.78, 5) is 25.8. The van der Waals surface area contributed by atoms with Gasteiger partial charge in [0.1, 0.15) is 6.04 Å². The molecular formula is C13H18N2O4. The van der Waals surface area contributed by atoms with Crippen LogP contribution in [-0.2, 0) is 9.53 Å². The summed E-state index contributed by atoms with van der Waals surface area (Å²) in [6, 6.07) is 2.87. The molecule has 2 heterocycles. The number of carbonyl (C=O) groups excluding carboxylic acids is 2. The van der Waals surface area contributed by atoms with Crippen LogP contribution >= 0.6 is 0 Å². The summed E-state index contributed by atoms with van der Waals surface area (Å²) >= 11 is 0. The molecule has 1 N–H and O–H groups in total. The Hall–Kier alpha value is -1.82. The van der Waals surface area contributed by atoms with Gasteiger partial charge >= 0.3 is 0 Å². The van der Waals surface area contributed by atoms with E-state index in [2.05, 4.69) is 5.32 Å². The molecule has 1 aliphatic heterocycles. The lowest BCUT2D eigenvalue weighted by atomic mass is 10.2. The number of hydrogen-bond acceptors (Lipinski definition) is 4. The maximum atomic E-state index is 12.2. The zero-order chi connectivity index (χ0) is 13.7. The van der Waals surface area contributed by atoms with Crippen LogP contribution in [0.2, 0.25) is 0 Å². The molecule has 104 valence electrons. The molecule has 0 aromatic carbocycles. The number of likely N-dealkylation sites (tertiary alicyclic amines) is 1. The lowest BCUT2D eigenvalue weighted by Gasteiger charge is -2.22. The summed E-state index contributed by atoms with van der Waals surface area (Å²) in [5.41, 5.74) is 0. The van der Waals surface area contributed by atoms with Crippen molar-refractivity contribution in [1.82, 2.24) is 10.2 Å². The quantitative estimate of drug-likeness (QED) is 0.794. The van der Waals surface area contributed by atoms with E-state index in [0.717, 1.165) is 6.42 Å². The van der Waals surface area contributed by atoms with E-state index in [4.69, 9.17) is 9.15 Å². The molecule has 2 rings (SSSR count). The Morgan fingerprint density at radius 1 is 1.58 bits per heavy atom. The summed E-state index contributed by atoms with van der Waals surface area (Å²) in [6.07, 6.45) is 2.97. The van der Waals surface area contributed by atoms with Crippen molar-refractivity contribution in [3.05, 3.63) is 24.2 Å². The van der Waals surface area contributed by atoms with Gasteiger partial charge in [0, 0.05) is 20.2 Å². The van der Waals surface area contributed by atoms with Crippen LogP contribution in [0.1, 0.15) is 23.4 Å². The second-order valence-electron chi connectivity index (χ2n) is 4.42. The van der Waals surface area contributed by atoms with Gasteiger partial charge in [-0.3, -0.25) is 9.59 Å². The number of carbonyl (C=O) groups is 2. The van der Waals surface area contributed by atoms with Crippen LogP contribution in [0.4, 0.5) is 0 Å². The predicted octanol–water partition coefficient (Wildman–Crippen LogP) is 0.647. The number of nitrogens with zero attached hydrogens (tertiary/aromatic N) is 1. The summed E-state index contributed by atoms with van der Waals surface area (Å²) in [6.45, 7) is 1.50. The van der Waals surface area contributed by atoms with Gasteiger partial charge in [0.05, 0.1) is 12.9 Å². The molecule has 0 bridgehead atoms. The summed E-state index contributed by atoms with van der Waals surface area (Å²) in [5, 5.41) is 2.77. The normalized spacial score (nSPS) is 18.6. The molecule has 6 heteroatoms. The van der Waals surface area contributed by atoms with Crippen molar-refractivity contribution < 1.29 is 18.7 Å². The average Bonchev–Trinajstić information content (AvgIpc) is 3.09. The highest BCUT2D eigenvalue weighted by Crippen LogP contribution is 2.20. The third-order valence-electron chi connectivity index (χ3n) is 3.15. The fraction of sp³-hybridized carbons (Fsp3) is 0.538. The molecule has 6 nitrogen and oxygen atoms in total. The van der Waals surface area contributed by atoms with Crippen LogP contribution in [0, 0.1) is 0 Å². The van der Waals surface area contributed by atoms with Crippen LogP contribution in [0.15, 0.2) is 22.8 Å². The van der Waals surface area contributed by atoms with E-state index in [1.165, 1.54) is 6.26 Å². The van der Waals surface area contributed by atoms with E-state index in [9.17, 15) is 9.59 Å². The van der Waals surface area contributed by atoms with Gasteiger partial charge in [-0.2, -0.15) is 0 Å². The molecule has 0 radical (unpaired) electrons. The smallest absolute Gasteiger partial charge is 0.290 e. The van der Waals surface area contributed by atoms with Crippen LogP contribution < -0.4 is 5.32 Å². The van der Waals surface area contributed by atoms with Gasteiger partial charge < -0.3 is 19.4 Å². The van der Waals surface area contributed by atoms with Gasteiger partial charge in [0.25, 0.3) is 5.91 Å². The number of furan rings is 1. The Kier molecular flexibility index (Phi) is 4.57. The first-order valence-corrected chi connectivity index (χ1v) is 6.35. The summed E-state index contributed by atoms with van der Waals surface area (Å²) in [7, 11) is 1.58. The molecule has 1 aliphatic rings. The average molecular weight is 266 g/mol. The largest absolute Gasteiger partial charge is 0.459 e. The molecule has 0 aliphatic carbocycles. The number of ether oxygens (including phenoxy) is 1. The van der Waals surface area contributed by atoms with Gasteiger partial charge in [0.15, 0.2) is 5.76 Å². The molecule has 1 aromatic heterocycles. The second-order valence-corrected chi connectivity index (χ2v) is 4.42. The van der Waals surface area contributed by atoms with Gasteiger partial charge in [0.2, 0.25) is 5.91 Å². The molecule has 1 unspecified atom stereocenters. The Morgan fingerprint density at radius 3 is 3.11 bits per heavy atom. The molecule has 2 amide bonds. The maximum absolute atomic E-state index is 12.2. The first-order chi connectivity index (χ1) is 9.24. The standard InChI is InChI=1S/C13H18N2O4/c1-18-9-6-14-12(16)10-4-2-7-15(10)13(17)11-5-3-8-19-11/h3,5,8,10H,2,4,6-7,9H2,1H3,(H,14,16). The monoisotopic (exact) mass is 266 g/mol. The molecule has 19 heavy (non-hydrogen) atoms. The maximum Gasteiger partial charge on any atom is 0.290 e. The Balaban J connectivity index is 1.96. The van der Waals surface area contributed by atoms with Crippen molar-refractivity contribution in [2.24, 2.45) is 0 Å². The van der Waals surface area contributed by atoms with Gasteiger partial charge in [-0.25, -0.2) is 0 Å². The SMILES string of the molecule is COCCNC(=O)C1CCCN1C(=O)c1ccco1. The van der Waals surface area contributed by atoms with E-state index in [1.54, 1.807) is 24.1 Å². The van der Waals surface area contributed by atoms with E-state index in [1.807, 2.05) is 0 Å². The lowest BCUT2D eigenvalue weighted by Crippen LogP contribution is -2.46. The highest BCUT2D eigenvalue weighted by atomic mass is 16.5. The highest BCUT2D eigenvalue weighted by molar-refractivity contribution is 5.95. The van der Waals surface area contributed by atoms with Crippen LogP contribution in [0.25, 0.3) is 0 Å². The third kappa shape index (κ3) is 3.14. The Morgan fingerprint density at radius 2 is 2.42 bits per heavy atom. The minimum Gasteiger partial charge on any atom is -0.459 e. The fourth-order valence-electron chi connectivity index (χ4n) is 2.22. The number of nitrogens with one attached hydrogen (secondary N) is 1. The Bertz CT molecular complexity index is 430. The van der Waals surface area contributed by atoms with Crippen molar-refractivity contribution in [3.8, 4) is 0 Å². The molecular weight excluding hydrogens is 248 g/mol. The minimum atomic E-state index is -0.408. The number of hydrogen-bond donors (Lipinski definition) is 1. The zero-order valence-electron chi connectivity index (χ0n) is 10.9. The van der Waals surface area contributed by atoms with Crippen molar-refractivity contribution in [3.63, 3.8) is 0 Å². The molecule has 0 spiro atoms. The van der Waals surface area contributed by atoms with Gasteiger partial charge in [-0.1, -0.05) is 0 Å². The summed E-state index contributed by atoms with van der Waals surface area (Å²) in [5.74, 6) is -0.0829. The van der Waals surface area contributed by atoms with Crippen LogP contribution in [-0.4, -0.2) is 49.6 Å². The number of methoxy groups -OCH3 is 1. The molecule has 1 aromatic rings. The van der Waals surface area contributed by atoms with E-state index in [-0.39, 0.29) is 17.6 Å². The Labute approximate surface area is 111 Å². The first kappa shape index (κ1) is 13.6. The van der Waals surface area contributed by atoms with E-state index < -0.39 is 6.04 Å². The minimum absolute atomic E-state index is 0.130. The molecule has 1 fully saturated rings. The summed E-state index contributed by atoms with van der Waals surface area (Å²) < 4.78 is 9.97. The molecule has 0 saturated carbocycles. The topological polar surface area (TPSA) is 71.8 Å². The third-order valence-corrected chi connectivity index (χ3v) is 3.15. The second kappa shape index (κ2) is 6.38. The van der Waals surface area contributed by atoms with E-state index >= 15 is 0 Å². The molecule has 1 atom stereocenters. The lowest BCUT2D eigenvalue weighted by molar-refractivity contribution is -0.125. The first-order valence-electron chi connectivity index (χ1n) is 6.35. The van der Waals surface area contributed by atoms with Crippen molar-refractivity contribution in [1.29, 1.82) is 0 Å². The molecule has 1 saturated heterocycles. The fourth-order valence-corrected chi connectivity index (χ4v) is 2.22. The van der Waals surface area contributed by atoms with Crippen LogP contribution in [0.5, 0.6) is 0 Å². The van der Waals surface area contributed by atoms with Gasteiger partial charge in [-0.15, -0.1) is 0 Å².